The average Bonchev–Trinajstić information content (AvgIpc) is 2.60. The Morgan fingerprint density at radius 2 is 2.18 bits per heavy atom. The van der Waals surface area contributed by atoms with E-state index in [1.165, 1.54) is 13.0 Å². The number of benzene rings is 1. The van der Waals surface area contributed by atoms with Gasteiger partial charge in [-0.05, 0) is 23.6 Å². The maximum absolute atomic E-state index is 11.0. The lowest BCUT2D eigenvalue weighted by atomic mass is 9.73. The SMILES string of the molecule is C=C[C@H]1C[NH+]2CC[C@H]1C[C@@H]2[C@H](O)c1ccnc2ccccc12. The number of rotatable bonds is 3. The van der Waals surface area contributed by atoms with E-state index in [0.717, 1.165) is 29.4 Å². The Morgan fingerprint density at radius 1 is 1.32 bits per heavy atom. The molecule has 3 heteroatoms. The van der Waals surface area contributed by atoms with Gasteiger partial charge in [0.1, 0.15) is 12.1 Å². The van der Waals surface area contributed by atoms with Crippen molar-refractivity contribution in [2.75, 3.05) is 13.1 Å². The number of fused-ring (bicyclic) bond motifs is 4. The van der Waals surface area contributed by atoms with E-state index in [0.29, 0.717) is 17.9 Å². The molecular formula is C19H23N2O+. The summed E-state index contributed by atoms with van der Waals surface area (Å²) in [6.45, 7) is 6.29. The minimum atomic E-state index is -0.406. The summed E-state index contributed by atoms with van der Waals surface area (Å²) in [5, 5.41) is 12.1. The molecule has 5 atom stereocenters. The van der Waals surface area contributed by atoms with Crippen molar-refractivity contribution in [1.82, 2.24) is 4.98 Å². The normalized spacial score (nSPS) is 32.0. The Kier molecular flexibility index (Phi) is 3.47. The molecule has 3 aliphatic rings. The Hall–Kier alpha value is -1.71. The molecule has 2 bridgehead atoms. The van der Waals surface area contributed by atoms with Crippen LogP contribution in [0.25, 0.3) is 10.9 Å². The van der Waals surface area contributed by atoms with Crippen LogP contribution in [0.3, 0.4) is 0 Å². The molecule has 22 heavy (non-hydrogen) atoms. The van der Waals surface area contributed by atoms with Crippen LogP contribution in [0.5, 0.6) is 0 Å². The number of nitrogens with one attached hydrogen (secondary N) is 1. The lowest BCUT2D eigenvalue weighted by Gasteiger charge is -2.47. The minimum absolute atomic E-state index is 0.306. The summed E-state index contributed by atoms with van der Waals surface area (Å²) in [6.07, 6.45) is 5.90. The second kappa shape index (κ2) is 5.49. The number of aliphatic hydroxyl groups is 1. The highest BCUT2D eigenvalue weighted by molar-refractivity contribution is 5.82. The average molecular weight is 295 g/mol. The molecule has 114 valence electrons. The van der Waals surface area contributed by atoms with Crippen molar-refractivity contribution in [3.8, 4) is 0 Å². The molecule has 0 amide bonds. The summed E-state index contributed by atoms with van der Waals surface area (Å²) in [6, 6.07) is 10.4. The summed E-state index contributed by atoms with van der Waals surface area (Å²) in [7, 11) is 0. The molecule has 0 radical (unpaired) electrons. The molecule has 4 heterocycles. The van der Waals surface area contributed by atoms with Crippen molar-refractivity contribution >= 4 is 10.9 Å². The molecule has 0 spiro atoms. The fourth-order valence-electron chi connectivity index (χ4n) is 4.50. The van der Waals surface area contributed by atoms with Crippen LogP contribution in [0.1, 0.15) is 24.5 Å². The molecule has 3 nitrogen and oxygen atoms in total. The Labute approximate surface area is 131 Å². The van der Waals surface area contributed by atoms with Crippen LogP contribution in [0, 0.1) is 11.8 Å². The molecule has 3 aliphatic heterocycles. The maximum atomic E-state index is 11.0. The summed E-state index contributed by atoms with van der Waals surface area (Å²) < 4.78 is 0. The van der Waals surface area contributed by atoms with Crippen LogP contribution in [-0.4, -0.2) is 29.2 Å². The predicted molar refractivity (Wildman–Crippen MR) is 87.6 cm³/mol. The zero-order valence-corrected chi connectivity index (χ0v) is 12.8. The third-order valence-electron chi connectivity index (χ3n) is 5.71. The highest BCUT2D eigenvalue weighted by atomic mass is 16.3. The van der Waals surface area contributed by atoms with Crippen LogP contribution >= 0.6 is 0 Å². The van der Waals surface area contributed by atoms with Crippen LogP contribution in [0.2, 0.25) is 0 Å². The van der Waals surface area contributed by atoms with Crippen LogP contribution in [-0.2, 0) is 0 Å². The van der Waals surface area contributed by atoms with E-state index in [-0.39, 0.29) is 0 Å². The zero-order chi connectivity index (χ0) is 15.1. The quantitative estimate of drug-likeness (QED) is 0.847. The molecule has 2 aromatic rings. The van der Waals surface area contributed by atoms with Crippen molar-refractivity contribution in [3.63, 3.8) is 0 Å². The van der Waals surface area contributed by atoms with E-state index in [4.69, 9.17) is 0 Å². The summed E-state index contributed by atoms with van der Waals surface area (Å²) in [4.78, 5) is 5.95. The van der Waals surface area contributed by atoms with Crippen molar-refractivity contribution in [2.45, 2.75) is 25.0 Å². The number of nitrogens with zero attached hydrogens (tertiary/aromatic N) is 1. The number of aliphatic hydroxyl groups excluding tert-OH is 1. The van der Waals surface area contributed by atoms with E-state index < -0.39 is 6.10 Å². The molecule has 0 saturated carbocycles. The zero-order valence-electron chi connectivity index (χ0n) is 12.8. The van der Waals surface area contributed by atoms with Gasteiger partial charge >= 0.3 is 0 Å². The number of aromatic nitrogens is 1. The number of quaternary nitrogens is 1. The number of pyridine rings is 1. The largest absolute Gasteiger partial charge is 0.382 e. The second-order valence-electron chi connectivity index (χ2n) is 6.77. The lowest BCUT2D eigenvalue weighted by molar-refractivity contribution is -0.949. The van der Waals surface area contributed by atoms with Gasteiger partial charge in [-0.15, -0.1) is 6.58 Å². The number of para-hydroxylation sites is 1. The van der Waals surface area contributed by atoms with Gasteiger partial charge < -0.3 is 10.0 Å². The Balaban J connectivity index is 1.67. The predicted octanol–water partition coefficient (Wildman–Crippen LogP) is 1.75. The van der Waals surface area contributed by atoms with Gasteiger partial charge in [0.15, 0.2) is 0 Å². The monoisotopic (exact) mass is 295 g/mol. The fourth-order valence-corrected chi connectivity index (χ4v) is 4.50. The highest BCUT2D eigenvalue weighted by Gasteiger charge is 2.45. The molecule has 3 saturated heterocycles. The van der Waals surface area contributed by atoms with Crippen LogP contribution in [0.4, 0.5) is 0 Å². The van der Waals surface area contributed by atoms with Crippen LogP contribution < -0.4 is 4.90 Å². The second-order valence-corrected chi connectivity index (χ2v) is 6.77. The topological polar surface area (TPSA) is 37.6 Å². The van der Waals surface area contributed by atoms with E-state index in [9.17, 15) is 5.11 Å². The van der Waals surface area contributed by atoms with E-state index in [1.54, 1.807) is 4.90 Å². The standard InChI is InChI=1S/C19H22N2O/c1-2-13-12-21-10-8-14(13)11-18(21)19(22)16-7-9-20-17-6-4-3-5-15(16)17/h2-7,9,13-14,18-19,22H,1,8,10-12H2/p+1/t13-,14-,18+,19+/m0/s1. The smallest absolute Gasteiger partial charge is 0.131 e. The van der Waals surface area contributed by atoms with Gasteiger partial charge in [-0.2, -0.15) is 0 Å². The Bertz CT molecular complexity index is 693. The van der Waals surface area contributed by atoms with Gasteiger partial charge in [0.05, 0.1) is 18.6 Å². The first kappa shape index (κ1) is 13.9. The van der Waals surface area contributed by atoms with Crippen molar-refractivity contribution < 1.29 is 10.0 Å². The van der Waals surface area contributed by atoms with Gasteiger partial charge in [0.2, 0.25) is 0 Å². The van der Waals surface area contributed by atoms with Crippen LogP contribution in [0.15, 0.2) is 49.2 Å². The maximum Gasteiger partial charge on any atom is 0.131 e. The Morgan fingerprint density at radius 3 is 2.95 bits per heavy atom. The van der Waals surface area contributed by atoms with E-state index in [1.807, 2.05) is 30.5 Å². The van der Waals surface area contributed by atoms with Gasteiger partial charge in [0.25, 0.3) is 0 Å². The van der Waals surface area contributed by atoms with E-state index in [2.05, 4.69) is 23.7 Å². The first-order valence-electron chi connectivity index (χ1n) is 8.27. The number of hydrogen-bond acceptors (Lipinski definition) is 2. The van der Waals surface area contributed by atoms with Crippen molar-refractivity contribution in [1.29, 1.82) is 0 Å². The molecule has 2 N–H and O–H groups in total. The number of hydrogen-bond donors (Lipinski definition) is 2. The first-order valence-corrected chi connectivity index (χ1v) is 8.27. The molecule has 1 aromatic carbocycles. The third kappa shape index (κ3) is 2.16. The molecule has 1 unspecified atom stereocenters. The summed E-state index contributed by atoms with van der Waals surface area (Å²) in [5.74, 6) is 1.32. The minimum Gasteiger partial charge on any atom is -0.382 e. The van der Waals surface area contributed by atoms with E-state index >= 15 is 0 Å². The number of piperidine rings is 3. The molecule has 3 fully saturated rings. The van der Waals surface area contributed by atoms with Crippen molar-refractivity contribution in [3.05, 3.63) is 54.7 Å². The molecule has 1 aromatic heterocycles. The molecular weight excluding hydrogens is 272 g/mol. The first-order chi connectivity index (χ1) is 10.8. The fraction of sp³-hybridized carbons (Fsp3) is 0.421. The van der Waals surface area contributed by atoms with Gasteiger partial charge in [0, 0.05) is 30.3 Å². The molecule has 5 rings (SSSR count). The summed E-state index contributed by atoms with van der Waals surface area (Å²) in [5.41, 5.74) is 2.00. The van der Waals surface area contributed by atoms with Gasteiger partial charge in [-0.1, -0.05) is 24.3 Å². The van der Waals surface area contributed by atoms with Gasteiger partial charge in [-0.3, -0.25) is 4.98 Å². The lowest BCUT2D eigenvalue weighted by Crippen LogP contribution is -3.20. The van der Waals surface area contributed by atoms with Gasteiger partial charge in [-0.25, -0.2) is 0 Å². The molecule has 0 aliphatic carbocycles. The third-order valence-corrected chi connectivity index (χ3v) is 5.71. The van der Waals surface area contributed by atoms with Crippen molar-refractivity contribution in [2.24, 2.45) is 11.8 Å². The highest BCUT2D eigenvalue weighted by Crippen LogP contribution is 2.33. The summed E-state index contributed by atoms with van der Waals surface area (Å²) >= 11 is 0.